The highest BCUT2D eigenvalue weighted by molar-refractivity contribution is 6.99. The molecule has 1 N–H and O–H groups in total. The number of rotatable bonds is 7. The molecule has 0 aliphatic carbocycles. The summed E-state index contributed by atoms with van der Waals surface area (Å²) in [6, 6.07) is 2.42. The summed E-state index contributed by atoms with van der Waals surface area (Å²) in [5.74, 6) is 0. The van der Waals surface area contributed by atoms with E-state index < -0.39 is 0 Å². The van der Waals surface area contributed by atoms with Crippen molar-refractivity contribution >= 4 is 11.7 Å². The van der Waals surface area contributed by atoms with E-state index >= 15 is 0 Å². The second kappa shape index (κ2) is 6.77. The molecule has 1 atom stereocenters. The maximum Gasteiger partial charge on any atom is 0.0916 e. The van der Waals surface area contributed by atoms with Crippen LogP contribution in [0.2, 0.25) is 0 Å². The SMILES string of the molecule is CCNC(Cc1cc(CC)nn1CC)c1cnsn1. The molecule has 0 aliphatic heterocycles. The molecule has 0 spiro atoms. The summed E-state index contributed by atoms with van der Waals surface area (Å²) in [7, 11) is 0. The number of hydrogen-bond acceptors (Lipinski definition) is 5. The van der Waals surface area contributed by atoms with E-state index in [9.17, 15) is 0 Å². The van der Waals surface area contributed by atoms with E-state index in [0.717, 1.165) is 37.3 Å². The van der Waals surface area contributed by atoms with Crippen LogP contribution < -0.4 is 5.32 Å². The summed E-state index contributed by atoms with van der Waals surface area (Å²) in [5.41, 5.74) is 3.44. The molecule has 0 fully saturated rings. The van der Waals surface area contributed by atoms with Gasteiger partial charge in [-0.2, -0.15) is 13.8 Å². The quantitative estimate of drug-likeness (QED) is 0.844. The highest BCUT2D eigenvalue weighted by atomic mass is 32.1. The van der Waals surface area contributed by atoms with Gasteiger partial charge in [0.25, 0.3) is 0 Å². The van der Waals surface area contributed by atoms with Crippen LogP contribution in [0, 0.1) is 0 Å². The molecule has 6 heteroatoms. The Morgan fingerprint density at radius 2 is 2.21 bits per heavy atom. The topological polar surface area (TPSA) is 55.6 Å². The highest BCUT2D eigenvalue weighted by Crippen LogP contribution is 2.18. The van der Waals surface area contributed by atoms with E-state index in [1.807, 2.05) is 6.20 Å². The van der Waals surface area contributed by atoms with Crippen LogP contribution >= 0.6 is 11.7 Å². The Morgan fingerprint density at radius 1 is 1.37 bits per heavy atom. The predicted molar refractivity (Wildman–Crippen MR) is 77.3 cm³/mol. The second-order valence-electron chi connectivity index (χ2n) is 4.44. The zero-order chi connectivity index (χ0) is 13.7. The lowest BCUT2D eigenvalue weighted by molar-refractivity contribution is 0.509. The van der Waals surface area contributed by atoms with E-state index in [-0.39, 0.29) is 6.04 Å². The van der Waals surface area contributed by atoms with E-state index in [2.05, 4.69) is 50.7 Å². The standard InChI is InChI=1S/C13H21N5S/c1-4-10-7-11(18(6-3)16-10)8-12(14-5-2)13-9-15-19-17-13/h7,9,12,14H,4-6,8H2,1-3H3. The average molecular weight is 279 g/mol. The Hall–Kier alpha value is -1.27. The van der Waals surface area contributed by atoms with Crippen molar-refractivity contribution in [2.75, 3.05) is 6.54 Å². The minimum Gasteiger partial charge on any atom is -0.309 e. The molecular formula is C13H21N5S. The van der Waals surface area contributed by atoms with Gasteiger partial charge < -0.3 is 5.32 Å². The third kappa shape index (κ3) is 3.39. The maximum atomic E-state index is 4.60. The minimum absolute atomic E-state index is 0.218. The van der Waals surface area contributed by atoms with Crippen LogP contribution in [0.25, 0.3) is 0 Å². The van der Waals surface area contributed by atoms with Crippen LogP contribution in [-0.4, -0.2) is 25.1 Å². The van der Waals surface area contributed by atoms with Crippen molar-refractivity contribution in [1.82, 2.24) is 23.8 Å². The van der Waals surface area contributed by atoms with E-state index in [4.69, 9.17) is 0 Å². The van der Waals surface area contributed by atoms with Gasteiger partial charge in [-0.05, 0) is 26.0 Å². The number of nitrogens with one attached hydrogen (secondary N) is 1. The molecule has 0 bridgehead atoms. The van der Waals surface area contributed by atoms with Crippen molar-refractivity contribution in [3.63, 3.8) is 0 Å². The molecule has 2 heterocycles. The van der Waals surface area contributed by atoms with Gasteiger partial charge in [-0.1, -0.05) is 13.8 Å². The number of likely N-dealkylation sites (N-methyl/N-ethyl adjacent to an activating group) is 1. The zero-order valence-corrected chi connectivity index (χ0v) is 12.6. The molecule has 2 aromatic heterocycles. The highest BCUT2D eigenvalue weighted by Gasteiger charge is 2.17. The molecule has 19 heavy (non-hydrogen) atoms. The molecule has 0 aromatic carbocycles. The first-order valence-corrected chi connectivity index (χ1v) is 7.57. The van der Waals surface area contributed by atoms with Gasteiger partial charge in [0, 0.05) is 18.7 Å². The zero-order valence-electron chi connectivity index (χ0n) is 11.8. The van der Waals surface area contributed by atoms with E-state index in [1.54, 1.807) is 0 Å². The molecule has 2 rings (SSSR count). The van der Waals surface area contributed by atoms with Gasteiger partial charge in [0.05, 0.1) is 35.4 Å². The third-order valence-corrected chi connectivity index (χ3v) is 3.67. The normalized spacial score (nSPS) is 12.8. The van der Waals surface area contributed by atoms with Gasteiger partial charge in [0.1, 0.15) is 0 Å². The van der Waals surface area contributed by atoms with Crippen LogP contribution in [0.5, 0.6) is 0 Å². The van der Waals surface area contributed by atoms with Gasteiger partial charge in [0.15, 0.2) is 0 Å². The maximum absolute atomic E-state index is 4.60. The van der Waals surface area contributed by atoms with Gasteiger partial charge >= 0.3 is 0 Å². The molecule has 2 aromatic rings. The fourth-order valence-corrected chi connectivity index (χ4v) is 2.66. The number of aryl methyl sites for hydroxylation is 2. The lowest BCUT2D eigenvalue weighted by Crippen LogP contribution is -2.24. The van der Waals surface area contributed by atoms with E-state index in [1.165, 1.54) is 17.4 Å². The summed E-state index contributed by atoms with van der Waals surface area (Å²) < 4.78 is 10.5. The van der Waals surface area contributed by atoms with E-state index in [0.29, 0.717) is 0 Å². The first-order valence-electron chi connectivity index (χ1n) is 6.84. The fourth-order valence-electron chi connectivity index (χ4n) is 2.19. The first-order chi connectivity index (χ1) is 9.28. The average Bonchev–Trinajstić information content (AvgIpc) is 3.07. The van der Waals surface area contributed by atoms with Crippen molar-refractivity contribution < 1.29 is 0 Å². The van der Waals surface area contributed by atoms with Crippen LogP contribution in [0.3, 0.4) is 0 Å². The molecule has 104 valence electrons. The molecule has 0 radical (unpaired) electrons. The van der Waals surface area contributed by atoms with Crippen LogP contribution in [0.15, 0.2) is 12.3 Å². The van der Waals surface area contributed by atoms with Crippen molar-refractivity contribution in [1.29, 1.82) is 0 Å². The Labute approximate surface area is 118 Å². The smallest absolute Gasteiger partial charge is 0.0916 e. The lowest BCUT2D eigenvalue weighted by atomic mass is 10.1. The molecular weight excluding hydrogens is 258 g/mol. The molecule has 5 nitrogen and oxygen atoms in total. The summed E-state index contributed by atoms with van der Waals surface area (Å²) in [5, 5.41) is 8.07. The molecule has 0 aliphatic rings. The van der Waals surface area contributed by atoms with Crippen LogP contribution in [0.4, 0.5) is 0 Å². The summed E-state index contributed by atoms with van der Waals surface area (Å²) in [6.07, 6.45) is 3.73. The Morgan fingerprint density at radius 3 is 2.79 bits per heavy atom. The van der Waals surface area contributed by atoms with Crippen molar-refractivity contribution in [3.8, 4) is 0 Å². The molecule has 0 amide bonds. The lowest BCUT2D eigenvalue weighted by Gasteiger charge is -2.15. The van der Waals surface area contributed by atoms with Crippen molar-refractivity contribution in [2.24, 2.45) is 0 Å². The Balaban J connectivity index is 2.19. The third-order valence-electron chi connectivity index (χ3n) is 3.17. The van der Waals surface area contributed by atoms with Gasteiger partial charge in [-0.25, -0.2) is 0 Å². The van der Waals surface area contributed by atoms with Crippen LogP contribution in [0.1, 0.15) is 43.9 Å². The Kier molecular flexibility index (Phi) is 5.04. The van der Waals surface area contributed by atoms with Crippen molar-refractivity contribution in [3.05, 3.63) is 29.3 Å². The van der Waals surface area contributed by atoms with Gasteiger partial charge in [0.2, 0.25) is 0 Å². The monoisotopic (exact) mass is 279 g/mol. The molecule has 0 saturated heterocycles. The van der Waals surface area contributed by atoms with Gasteiger partial charge in [-0.15, -0.1) is 0 Å². The molecule has 0 saturated carbocycles. The fraction of sp³-hybridized carbons (Fsp3) is 0.615. The minimum atomic E-state index is 0.218. The second-order valence-corrected chi connectivity index (χ2v) is 5.00. The largest absolute Gasteiger partial charge is 0.309 e. The van der Waals surface area contributed by atoms with Gasteiger partial charge in [-0.3, -0.25) is 4.68 Å². The summed E-state index contributed by atoms with van der Waals surface area (Å²) in [4.78, 5) is 0. The number of hydrogen-bond donors (Lipinski definition) is 1. The van der Waals surface area contributed by atoms with Crippen LogP contribution in [-0.2, 0) is 19.4 Å². The Bertz CT molecular complexity index is 491. The predicted octanol–water partition coefficient (Wildman–Crippen LogP) is 2.21. The molecule has 1 unspecified atom stereocenters. The summed E-state index contributed by atoms with van der Waals surface area (Å²) >= 11 is 1.26. The number of aromatic nitrogens is 4. The number of nitrogens with zero attached hydrogens (tertiary/aromatic N) is 4. The first kappa shape index (κ1) is 14.1. The summed E-state index contributed by atoms with van der Waals surface area (Å²) in [6.45, 7) is 8.20. The van der Waals surface area contributed by atoms with Crippen molar-refractivity contribution in [2.45, 2.75) is 46.2 Å².